The van der Waals surface area contributed by atoms with Crippen LogP contribution in [0.2, 0.25) is 0 Å². The Labute approximate surface area is 113 Å². The number of rotatable bonds is 3. The molecule has 1 fully saturated rings. The molecule has 1 aromatic carbocycles. The van der Waals surface area contributed by atoms with Crippen LogP contribution in [-0.2, 0) is 4.74 Å². The van der Waals surface area contributed by atoms with E-state index < -0.39 is 5.97 Å². The Morgan fingerprint density at radius 3 is 2.89 bits per heavy atom. The minimum Gasteiger partial charge on any atom is -0.478 e. The fourth-order valence-corrected chi connectivity index (χ4v) is 2.58. The van der Waals surface area contributed by atoms with Crippen LogP contribution >= 0.6 is 0 Å². The van der Waals surface area contributed by atoms with Gasteiger partial charge >= 0.3 is 5.97 Å². The highest BCUT2D eigenvalue weighted by molar-refractivity contribution is 5.95. The first-order valence-corrected chi connectivity index (χ1v) is 6.38. The van der Waals surface area contributed by atoms with Crippen molar-refractivity contribution >= 4 is 17.3 Å². The number of benzene rings is 1. The van der Waals surface area contributed by atoms with E-state index in [2.05, 4.69) is 11.8 Å². The Hall–Kier alpha value is -1.75. The smallest absolute Gasteiger partial charge is 0.337 e. The second-order valence-corrected chi connectivity index (χ2v) is 5.26. The maximum Gasteiger partial charge on any atom is 0.337 e. The Kier molecular flexibility index (Phi) is 3.66. The number of nitrogen functional groups attached to an aromatic ring is 1. The van der Waals surface area contributed by atoms with Gasteiger partial charge in [0.25, 0.3) is 0 Å². The number of nitrogens with two attached hydrogens (primary N) is 1. The van der Waals surface area contributed by atoms with Crippen LogP contribution in [-0.4, -0.2) is 36.9 Å². The topological polar surface area (TPSA) is 75.8 Å². The van der Waals surface area contributed by atoms with Crippen molar-refractivity contribution in [3.63, 3.8) is 0 Å². The van der Waals surface area contributed by atoms with Crippen molar-refractivity contribution in [2.24, 2.45) is 0 Å². The summed E-state index contributed by atoms with van der Waals surface area (Å²) in [5.74, 6) is -0.952. The van der Waals surface area contributed by atoms with Crippen molar-refractivity contribution in [1.82, 2.24) is 0 Å². The first-order chi connectivity index (χ1) is 8.95. The number of carboxylic acids is 1. The fraction of sp³-hybridized carbons (Fsp3) is 0.500. The van der Waals surface area contributed by atoms with Crippen LogP contribution in [0.1, 0.15) is 30.1 Å². The molecular formula is C14H20N2O3. The van der Waals surface area contributed by atoms with Crippen LogP contribution in [0.4, 0.5) is 11.4 Å². The minimum atomic E-state index is -0.952. The molecule has 1 aliphatic heterocycles. The maximum absolute atomic E-state index is 11.3. The lowest BCUT2D eigenvalue weighted by Gasteiger charge is -2.41. The van der Waals surface area contributed by atoms with Crippen LogP contribution in [0.5, 0.6) is 0 Å². The molecule has 0 saturated carbocycles. The summed E-state index contributed by atoms with van der Waals surface area (Å²) in [5, 5.41) is 9.29. The van der Waals surface area contributed by atoms with Crippen molar-refractivity contribution in [1.29, 1.82) is 0 Å². The van der Waals surface area contributed by atoms with Gasteiger partial charge in [0.05, 0.1) is 16.9 Å². The lowest BCUT2D eigenvalue weighted by Crippen LogP contribution is -2.47. The van der Waals surface area contributed by atoms with E-state index in [0.29, 0.717) is 17.9 Å². The number of carboxylic acid groups (broad SMARTS) is 1. The largest absolute Gasteiger partial charge is 0.478 e. The molecule has 1 unspecified atom stereocenters. The molecule has 5 nitrogen and oxygen atoms in total. The van der Waals surface area contributed by atoms with Gasteiger partial charge in [-0.2, -0.15) is 0 Å². The highest BCUT2D eigenvalue weighted by atomic mass is 16.5. The van der Waals surface area contributed by atoms with E-state index in [9.17, 15) is 9.90 Å². The Balaban J connectivity index is 2.33. The number of ether oxygens (including phenoxy) is 1. The fourth-order valence-electron chi connectivity index (χ4n) is 2.58. The zero-order chi connectivity index (χ0) is 14.0. The molecule has 0 aromatic heterocycles. The van der Waals surface area contributed by atoms with Gasteiger partial charge in [-0.15, -0.1) is 0 Å². The molecule has 1 saturated heterocycles. The molecule has 5 heteroatoms. The van der Waals surface area contributed by atoms with E-state index in [1.165, 1.54) is 6.07 Å². The summed E-state index contributed by atoms with van der Waals surface area (Å²) in [4.78, 5) is 13.4. The van der Waals surface area contributed by atoms with Crippen LogP contribution in [0, 0.1) is 0 Å². The second kappa shape index (κ2) is 5.09. The highest BCUT2D eigenvalue weighted by Crippen LogP contribution is 2.31. The van der Waals surface area contributed by atoms with Crippen LogP contribution in [0.25, 0.3) is 0 Å². The Morgan fingerprint density at radius 1 is 1.53 bits per heavy atom. The molecule has 0 spiro atoms. The van der Waals surface area contributed by atoms with Gasteiger partial charge in [0.2, 0.25) is 0 Å². The molecule has 104 valence electrons. The van der Waals surface area contributed by atoms with E-state index >= 15 is 0 Å². The van der Waals surface area contributed by atoms with Crippen LogP contribution in [0.15, 0.2) is 18.2 Å². The molecule has 1 aromatic rings. The molecule has 0 aliphatic carbocycles. The van der Waals surface area contributed by atoms with E-state index in [0.717, 1.165) is 19.4 Å². The lowest BCUT2D eigenvalue weighted by molar-refractivity contribution is -0.00472. The first kappa shape index (κ1) is 13.7. The summed E-state index contributed by atoms with van der Waals surface area (Å²) in [6.45, 7) is 3.58. The normalized spacial score (nSPS) is 23.4. The third kappa shape index (κ3) is 2.81. The molecule has 0 amide bonds. The predicted octanol–water partition coefficient (Wildman–Crippen LogP) is 1.97. The van der Waals surface area contributed by atoms with Gasteiger partial charge in [-0.3, -0.25) is 0 Å². The van der Waals surface area contributed by atoms with Gasteiger partial charge in [0, 0.05) is 25.9 Å². The number of piperidine rings is 1. The number of carbonyl (C=O) groups is 1. The van der Waals surface area contributed by atoms with E-state index in [4.69, 9.17) is 10.5 Å². The van der Waals surface area contributed by atoms with Crippen LogP contribution < -0.4 is 10.6 Å². The van der Waals surface area contributed by atoms with E-state index in [1.807, 2.05) is 0 Å². The Morgan fingerprint density at radius 2 is 2.26 bits per heavy atom. The van der Waals surface area contributed by atoms with Gasteiger partial charge in [-0.05, 0) is 38.0 Å². The minimum absolute atomic E-state index is 0.227. The number of methoxy groups -OCH3 is 1. The van der Waals surface area contributed by atoms with E-state index in [-0.39, 0.29) is 11.2 Å². The van der Waals surface area contributed by atoms with Crippen molar-refractivity contribution in [3.8, 4) is 0 Å². The summed E-state index contributed by atoms with van der Waals surface area (Å²) < 4.78 is 5.54. The number of hydrogen-bond acceptors (Lipinski definition) is 4. The van der Waals surface area contributed by atoms with E-state index in [1.54, 1.807) is 19.2 Å². The quantitative estimate of drug-likeness (QED) is 0.816. The van der Waals surface area contributed by atoms with Gasteiger partial charge in [-0.25, -0.2) is 4.79 Å². The first-order valence-electron chi connectivity index (χ1n) is 6.38. The summed E-state index contributed by atoms with van der Waals surface area (Å²) >= 11 is 0. The molecule has 0 radical (unpaired) electrons. The third-order valence-electron chi connectivity index (χ3n) is 3.74. The van der Waals surface area contributed by atoms with Gasteiger partial charge in [0.1, 0.15) is 0 Å². The zero-order valence-corrected chi connectivity index (χ0v) is 11.3. The maximum atomic E-state index is 11.3. The molecule has 1 atom stereocenters. The molecular weight excluding hydrogens is 244 g/mol. The van der Waals surface area contributed by atoms with Crippen molar-refractivity contribution in [3.05, 3.63) is 23.8 Å². The SMILES string of the molecule is COC1(C)CCCN(c2ccc(N)cc2C(=O)O)C1. The molecule has 3 N–H and O–H groups in total. The summed E-state index contributed by atoms with van der Waals surface area (Å²) in [5.41, 5.74) is 6.87. The molecule has 19 heavy (non-hydrogen) atoms. The number of hydrogen-bond donors (Lipinski definition) is 2. The highest BCUT2D eigenvalue weighted by Gasteiger charge is 2.32. The molecule has 2 rings (SSSR count). The second-order valence-electron chi connectivity index (χ2n) is 5.26. The predicted molar refractivity (Wildman–Crippen MR) is 74.7 cm³/mol. The summed E-state index contributed by atoms with van der Waals surface area (Å²) in [6, 6.07) is 5.02. The summed E-state index contributed by atoms with van der Waals surface area (Å²) in [6.07, 6.45) is 1.96. The van der Waals surface area contributed by atoms with Crippen LogP contribution in [0.3, 0.4) is 0 Å². The van der Waals surface area contributed by atoms with Gasteiger partial charge < -0.3 is 20.5 Å². The molecule has 1 heterocycles. The van der Waals surface area contributed by atoms with Gasteiger partial charge in [0.15, 0.2) is 0 Å². The zero-order valence-electron chi connectivity index (χ0n) is 11.3. The van der Waals surface area contributed by atoms with Gasteiger partial charge in [-0.1, -0.05) is 0 Å². The van der Waals surface area contributed by atoms with Crippen molar-refractivity contribution < 1.29 is 14.6 Å². The molecule has 0 bridgehead atoms. The van der Waals surface area contributed by atoms with Crippen molar-refractivity contribution in [2.45, 2.75) is 25.4 Å². The third-order valence-corrected chi connectivity index (χ3v) is 3.74. The Bertz CT molecular complexity index is 490. The number of nitrogens with zero attached hydrogens (tertiary/aromatic N) is 1. The monoisotopic (exact) mass is 264 g/mol. The average molecular weight is 264 g/mol. The summed E-state index contributed by atoms with van der Waals surface area (Å²) in [7, 11) is 1.70. The average Bonchev–Trinajstić information content (AvgIpc) is 2.38. The number of anilines is 2. The lowest BCUT2D eigenvalue weighted by atomic mass is 9.93. The molecule has 1 aliphatic rings. The van der Waals surface area contributed by atoms with Crippen molar-refractivity contribution in [2.75, 3.05) is 30.8 Å². The number of aromatic carboxylic acids is 1. The standard InChI is InChI=1S/C14H20N2O3/c1-14(19-2)6-3-7-16(9-14)12-5-4-10(15)8-11(12)13(17)18/h4-5,8H,3,6-7,9,15H2,1-2H3,(H,17,18).